The van der Waals surface area contributed by atoms with Crippen molar-refractivity contribution in [2.45, 2.75) is 43.0 Å². The van der Waals surface area contributed by atoms with Crippen molar-refractivity contribution in [1.29, 1.82) is 0 Å². The van der Waals surface area contributed by atoms with E-state index in [9.17, 15) is 13.9 Å². The van der Waals surface area contributed by atoms with Gasteiger partial charge in [0.1, 0.15) is 0 Å². The Morgan fingerprint density at radius 2 is 1.82 bits per heavy atom. The van der Waals surface area contributed by atoms with Crippen molar-refractivity contribution in [1.82, 2.24) is 0 Å². The average molecular weight is 456 g/mol. The van der Waals surface area contributed by atoms with E-state index in [1.54, 1.807) is 25.1 Å². The van der Waals surface area contributed by atoms with E-state index in [4.69, 9.17) is 0 Å². The van der Waals surface area contributed by atoms with Gasteiger partial charge >= 0.3 is 0 Å². The highest BCUT2D eigenvalue weighted by Gasteiger charge is 2.31. The summed E-state index contributed by atoms with van der Waals surface area (Å²) in [5, 5.41) is 9.01. The van der Waals surface area contributed by atoms with E-state index in [-0.39, 0.29) is 16.6 Å². The predicted octanol–water partition coefficient (Wildman–Crippen LogP) is 7.26. The van der Waals surface area contributed by atoms with Crippen molar-refractivity contribution in [3.8, 4) is 0 Å². The van der Waals surface area contributed by atoms with Crippen LogP contribution < -0.4 is 0 Å². The van der Waals surface area contributed by atoms with E-state index >= 15 is 0 Å². The van der Waals surface area contributed by atoms with Gasteiger partial charge in [-0.15, -0.1) is 0 Å². The molecular formula is C27H25N3O2S. The molecule has 0 N–H and O–H groups in total. The molecule has 5 rings (SSSR count). The molecule has 166 valence electrons. The summed E-state index contributed by atoms with van der Waals surface area (Å²) in [6.07, 6.45) is 2.87. The van der Waals surface area contributed by atoms with Crippen LogP contribution in [-0.4, -0.2) is 14.2 Å². The lowest BCUT2D eigenvalue weighted by Crippen LogP contribution is -2.17. The molecule has 5 nitrogen and oxygen atoms in total. The summed E-state index contributed by atoms with van der Waals surface area (Å²) in [7, 11) is -3.35. The predicted molar refractivity (Wildman–Crippen MR) is 133 cm³/mol. The molecule has 0 fully saturated rings. The van der Waals surface area contributed by atoms with Crippen LogP contribution in [0.3, 0.4) is 0 Å². The van der Waals surface area contributed by atoms with Gasteiger partial charge in [-0.3, -0.25) is 0 Å². The molecule has 0 heterocycles. The molecule has 0 saturated heterocycles. The fourth-order valence-electron chi connectivity index (χ4n) is 5.28. The zero-order valence-electron chi connectivity index (χ0n) is 18.5. The maximum absolute atomic E-state index is 12.5. The summed E-state index contributed by atoms with van der Waals surface area (Å²) < 4.78 is 25.0. The van der Waals surface area contributed by atoms with Crippen molar-refractivity contribution < 1.29 is 8.42 Å². The Balaban J connectivity index is 1.72. The highest BCUT2D eigenvalue weighted by Crippen LogP contribution is 2.46. The highest BCUT2D eigenvalue weighted by molar-refractivity contribution is 7.91. The van der Waals surface area contributed by atoms with Crippen molar-refractivity contribution in [2.24, 2.45) is 5.11 Å². The van der Waals surface area contributed by atoms with Crippen LogP contribution in [0.2, 0.25) is 0 Å². The van der Waals surface area contributed by atoms with E-state index in [1.165, 1.54) is 32.7 Å². The Kier molecular flexibility index (Phi) is 5.57. The summed E-state index contributed by atoms with van der Waals surface area (Å²) in [6.45, 7) is 1.64. The lowest BCUT2D eigenvalue weighted by Gasteiger charge is -2.32. The van der Waals surface area contributed by atoms with Gasteiger partial charge in [0.2, 0.25) is 0 Å². The van der Waals surface area contributed by atoms with Crippen LogP contribution in [0.5, 0.6) is 0 Å². The van der Waals surface area contributed by atoms with Gasteiger partial charge < -0.3 is 0 Å². The molecular weight excluding hydrogens is 430 g/mol. The van der Waals surface area contributed by atoms with E-state index in [0.29, 0.717) is 0 Å². The molecule has 6 heteroatoms. The number of hydrogen-bond acceptors (Lipinski definition) is 3. The molecule has 0 amide bonds. The Bertz CT molecular complexity index is 1520. The summed E-state index contributed by atoms with van der Waals surface area (Å²) >= 11 is 0. The van der Waals surface area contributed by atoms with Gasteiger partial charge in [-0.1, -0.05) is 72.7 Å². The maximum atomic E-state index is 12.5. The van der Waals surface area contributed by atoms with Gasteiger partial charge in [0.25, 0.3) is 0 Å². The number of benzene rings is 4. The van der Waals surface area contributed by atoms with Crippen LogP contribution in [0.15, 0.2) is 82.8 Å². The molecule has 1 aliphatic carbocycles. The molecule has 0 saturated carbocycles. The summed E-state index contributed by atoms with van der Waals surface area (Å²) in [5.74, 6) is 0.0150. The molecule has 4 aromatic carbocycles. The first-order chi connectivity index (χ1) is 16.0. The van der Waals surface area contributed by atoms with Crippen LogP contribution in [0.25, 0.3) is 32.0 Å². The van der Waals surface area contributed by atoms with Crippen molar-refractivity contribution in [3.63, 3.8) is 0 Å². The third kappa shape index (κ3) is 3.75. The van der Waals surface area contributed by atoms with Crippen LogP contribution in [0.1, 0.15) is 48.4 Å². The molecule has 0 aromatic heterocycles. The Labute approximate surface area is 193 Å². The zero-order chi connectivity index (χ0) is 23.0. The summed E-state index contributed by atoms with van der Waals surface area (Å²) in [6, 6.07) is 23.6. The van der Waals surface area contributed by atoms with Gasteiger partial charge in [0.15, 0.2) is 9.84 Å². The Morgan fingerprint density at radius 1 is 1.00 bits per heavy atom. The van der Waals surface area contributed by atoms with Gasteiger partial charge in [0, 0.05) is 4.91 Å². The molecule has 0 aliphatic heterocycles. The summed E-state index contributed by atoms with van der Waals surface area (Å²) in [5.41, 5.74) is 12.7. The fraction of sp³-hybridized carbons (Fsp3) is 0.259. The smallest absolute Gasteiger partial charge is 0.178 e. The molecule has 33 heavy (non-hydrogen) atoms. The minimum Gasteiger partial charge on any atom is -0.224 e. The number of aryl methyl sites for hydroxylation is 1. The molecule has 4 aromatic rings. The molecule has 2 unspecified atom stereocenters. The number of sulfone groups is 1. The lowest BCUT2D eigenvalue weighted by molar-refractivity contribution is 0.476. The van der Waals surface area contributed by atoms with E-state index in [2.05, 4.69) is 52.5 Å². The first kappa shape index (κ1) is 21.5. The third-order valence-electron chi connectivity index (χ3n) is 6.89. The van der Waals surface area contributed by atoms with Crippen molar-refractivity contribution in [3.05, 3.63) is 99.9 Å². The average Bonchev–Trinajstić information content (AvgIpc) is 2.86. The first-order valence-electron chi connectivity index (χ1n) is 11.3. The molecule has 0 spiro atoms. The lowest BCUT2D eigenvalue weighted by atomic mass is 9.74. The van der Waals surface area contributed by atoms with Crippen molar-refractivity contribution in [2.75, 3.05) is 5.75 Å². The first-order valence-corrected chi connectivity index (χ1v) is 13.0. The second-order valence-corrected chi connectivity index (χ2v) is 10.9. The maximum Gasteiger partial charge on any atom is 0.178 e. The normalized spacial score (nSPS) is 16.8. The van der Waals surface area contributed by atoms with E-state index in [1.807, 2.05) is 12.1 Å². The quantitative estimate of drug-likeness (QED) is 0.137. The van der Waals surface area contributed by atoms with E-state index < -0.39 is 15.9 Å². The van der Waals surface area contributed by atoms with Crippen LogP contribution in [-0.2, 0) is 16.3 Å². The van der Waals surface area contributed by atoms with Crippen LogP contribution >= 0.6 is 0 Å². The Morgan fingerprint density at radius 3 is 2.64 bits per heavy atom. The van der Waals surface area contributed by atoms with E-state index in [0.717, 1.165) is 24.8 Å². The van der Waals surface area contributed by atoms with Crippen LogP contribution in [0, 0.1) is 0 Å². The minimum absolute atomic E-state index is 0.0194. The number of hydrogen-bond donors (Lipinski definition) is 0. The minimum atomic E-state index is -3.35. The SMILES string of the molecule is CCS(=O)(=O)c1cccc(C(N=[N+]=[N-])C2CCCc3ccc4c(ccc5ccccc54)c32)c1. The van der Waals surface area contributed by atoms with Gasteiger partial charge in [-0.2, -0.15) is 0 Å². The second kappa shape index (κ2) is 8.54. The number of rotatable bonds is 5. The standard InChI is InChI=1S/C27H25N3O2S/c1-2-33(31,32)21-10-5-9-20(17-21)27(29-30-28)25-12-6-8-19-14-15-23-22-11-4-3-7-18(22)13-16-24(23)26(19)25/h3-5,7,9-11,13-17,25,27H,2,6,8,12H2,1H3. The van der Waals surface area contributed by atoms with Gasteiger partial charge in [0.05, 0.1) is 16.7 Å². The van der Waals surface area contributed by atoms with Gasteiger partial charge in [-0.05, 0) is 81.1 Å². The Hall–Kier alpha value is -3.34. The number of nitrogens with zero attached hydrogens (tertiary/aromatic N) is 3. The number of azide groups is 1. The number of fused-ring (bicyclic) bond motifs is 5. The largest absolute Gasteiger partial charge is 0.224 e. The van der Waals surface area contributed by atoms with Crippen molar-refractivity contribution >= 4 is 31.4 Å². The second-order valence-electron chi connectivity index (χ2n) is 8.64. The van der Waals surface area contributed by atoms with Gasteiger partial charge in [-0.25, -0.2) is 8.42 Å². The third-order valence-corrected chi connectivity index (χ3v) is 8.62. The van der Waals surface area contributed by atoms with Crippen LogP contribution in [0.4, 0.5) is 0 Å². The molecule has 0 bridgehead atoms. The molecule has 1 aliphatic rings. The highest BCUT2D eigenvalue weighted by atomic mass is 32.2. The summed E-state index contributed by atoms with van der Waals surface area (Å²) in [4.78, 5) is 3.46. The monoisotopic (exact) mass is 455 g/mol. The fourth-order valence-corrected chi connectivity index (χ4v) is 6.21. The zero-order valence-corrected chi connectivity index (χ0v) is 19.3. The molecule has 2 atom stereocenters. The topological polar surface area (TPSA) is 82.9 Å². The molecule has 0 radical (unpaired) electrons.